The zero-order chi connectivity index (χ0) is 22.6. The highest BCUT2D eigenvalue weighted by Crippen LogP contribution is 2.32. The van der Waals surface area contributed by atoms with Crippen molar-refractivity contribution in [2.24, 2.45) is 5.92 Å². The molecule has 3 rings (SSSR count). The number of carbonyl (C=O) groups excluding carboxylic acids is 1. The van der Waals surface area contributed by atoms with E-state index in [0.717, 1.165) is 11.1 Å². The second-order valence-corrected chi connectivity index (χ2v) is 9.40. The number of allylic oxidation sites excluding steroid dienone is 1. The summed E-state index contributed by atoms with van der Waals surface area (Å²) in [7, 11) is 0. The number of rotatable bonds is 8. The smallest absolute Gasteiger partial charge is 0.263 e. The normalized spacial score (nSPS) is 13.0. The van der Waals surface area contributed by atoms with Crippen LogP contribution in [0.25, 0.3) is 21.3 Å². The van der Waals surface area contributed by atoms with Crippen LogP contribution in [0.1, 0.15) is 20.8 Å². The minimum absolute atomic E-state index is 0.0394. The number of nitriles is 1. The van der Waals surface area contributed by atoms with E-state index in [1.165, 1.54) is 23.1 Å². The lowest BCUT2D eigenvalue weighted by Gasteiger charge is -2.27. The van der Waals surface area contributed by atoms with E-state index in [4.69, 9.17) is 0 Å². The van der Waals surface area contributed by atoms with E-state index in [2.05, 4.69) is 22.9 Å². The van der Waals surface area contributed by atoms with Gasteiger partial charge in [-0.3, -0.25) is 14.2 Å². The Morgan fingerprint density at radius 1 is 1.42 bits per heavy atom. The molecule has 0 saturated heterocycles. The molecule has 3 aromatic rings. The molecule has 0 unspecified atom stereocenters. The van der Waals surface area contributed by atoms with Gasteiger partial charge in [0.1, 0.15) is 10.4 Å². The lowest BCUT2D eigenvalue weighted by molar-refractivity contribution is -0.120. The predicted molar refractivity (Wildman–Crippen MR) is 127 cm³/mol. The monoisotopic (exact) mass is 452 g/mol. The zero-order valence-electron chi connectivity index (χ0n) is 17.7. The number of fused-ring (bicyclic) bond motifs is 1. The Morgan fingerprint density at radius 3 is 2.74 bits per heavy atom. The molecule has 2 aromatic heterocycles. The molecule has 0 spiro atoms. The maximum absolute atomic E-state index is 13.3. The number of hydrogen-bond donors (Lipinski definition) is 1. The summed E-state index contributed by atoms with van der Waals surface area (Å²) in [6, 6.07) is 11.9. The van der Waals surface area contributed by atoms with E-state index in [1.807, 2.05) is 49.6 Å². The topological polar surface area (TPSA) is 87.8 Å². The second kappa shape index (κ2) is 9.50. The fourth-order valence-electron chi connectivity index (χ4n) is 2.99. The molecule has 0 aliphatic heterocycles. The lowest BCUT2D eigenvalue weighted by Crippen LogP contribution is -2.49. The second-order valence-electron chi connectivity index (χ2n) is 7.60. The Labute approximate surface area is 189 Å². The fourth-order valence-corrected chi connectivity index (χ4v) is 4.79. The molecule has 0 radical (unpaired) electrons. The first-order valence-corrected chi connectivity index (χ1v) is 11.7. The molecule has 0 saturated carbocycles. The van der Waals surface area contributed by atoms with E-state index in [0.29, 0.717) is 15.4 Å². The number of nitrogens with one attached hydrogen (secondary N) is 1. The van der Waals surface area contributed by atoms with Gasteiger partial charge in [-0.1, -0.05) is 62.0 Å². The van der Waals surface area contributed by atoms with Gasteiger partial charge in [-0.05, 0) is 18.4 Å². The van der Waals surface area contributed by atoms with Crippen molar-refractivity contribution in [3.63, 3.8) is 0 Å². The van der Waals surface area contributed by atoms with Crippen LogP contribution in [-0.2, 0) is 11.3 Å². The molecule has 0 aliphatic rings. The van der Waals surface area contributed by atoms with Gasteiger partial charge in [0.25, 0.3) is 5.56 Å². The summed E-state index contributed by atoms with van der Waals surface area (Å²) in [5.41, 5.74) is 0.708. The van der Waals surface area contributed by atoms with Gasteiger partial charge in [0.15, 0.2) is 5.16 Å². The summed E-state index contributed by atoms with van der Waals surface area (Å²) in [5, 5.41) is 15.2. The predicted octanol–water partition coefficient (Wildman–Crippen LogP) is 4.46. The molecule has 0 aliphatic carbocycles. The minimum atomic E-state index is -0.950. The van der Waals surface area contributed by atoms with Crippen LogP contribution < -0.4 is 10.9 Å². The Morgan fingerprint density at radius 2 is 2.13 bits per heavy atom. The highest BCUT2D eigenvalue weighted by molar-refractivity contribution is 7.99. The van der Waals surface area contributed by atoms with Crippen LogP contribution in [0.15, 0.2) is 58.3 Å². The van der Waals surface area contributed by atoms with Gasteiger partial charge in [-0.15, -0.1) is 17.9 Å². The highest BCUT2D eigenvalue weighted by Gasteiger charge is 2.30. The number of thioether (sulfide) groups is 1. The molecular formula is C23H24N4O2S2. The SMILES string of the molecule is C=CCn1c(SCC(=O)N[C@](C)(C#N)C(C)C)nc2scc(-c3ccccc3)c2c1=O. The molecule has 0 fully saturated rings. The van der Waals surface area contributed by atoms with Gasteiger partial charge in [0.05, 0.1) is 17.2 Å². The molecule has 31 heavy (non-hydrogen) atoms. The number of amides is 1. The molecule has 6 nitrogen and oxygen atoms in total. The number of benzene rings is 1. The number of nitrogens with zero attached hydrogens (tertiary/aromatic N) is 3. The van der Waals surface area contributed by atoms with Gasteiger partial charge in [-0.25, -0.2) is 4.98 Å². The molecule has 1 aromatic carbocycles. The number of thiophene rings is 1. The number of carbonyl (C=O) groups is 1. The zero-order valence-corrected chi connectivity index (χ0v) is 19.3. The summed E-state index contributed by atoms with van der Waals surface area (Å²) < 4.78 is 1.54. The summed E-state index contributed by atoms with van der Waals surface area (Å²) in [6.45, 7) is 9.51. The highest BCUT2D eigenvalue weighted by atomic mass is 32.2. The third kappa shape index (κ3) is 4.73. The largest absolute Gasteiger partial charge is 0.337 e. The van der Waals surface area contributed by atoms with Crippen molar-refractivity contribution in [1.82, 2.24) is 14.9 Å². The molecular weight excluding hydrogens is 428 g/mol. The average Bonchev–Trinajstić information content (AvgIpc) is 3.19. The van der Waals surface area contributed by atoms with Crippen LogP contribution in [0, 0.1) is 17.2 Å². The summed E-state index contributed by atoms with van der Waals surface area (Å²) >= 11 is 2.59. The lowest BCUT2D eigenvalue weighted by atomic mass is 9.90. The van der Waals surface area contributed by atoms with Crippen LogP contribution in [0.5, 0.6) is 0 Å². The van der Waals surface area contributed by atoms with Gasteiger partial charge >= 0.3 is 0 Å². The standard InChI is InChI=1S/C23H24N4O2S2/c1-5-11-27-21(29)19-17(16-9-7-6-8-10-16)12-30-20(19)25-22(27)31-13-18(28)26-23(4,14-24)15(2)3/h5-10,12,15H,1,11,13H2,2-4H3,(H,26,28)/t23-/m1/s1. The summed E-state index contributed by atoms with van der Waals surface area (Å²) in [4.78, 5) is 31.1. The van der Waals surface area contributed by atoms with Gasteiger partial charge in [-0.2, -0.15) is 5.26 Å². The Hall–Kier alpha value is -2.89. The molecule has 160 valence electrons. The molecule has 2 heterocycles. The van der Waals surface area contributed by atoms with E-state index >= 15 is 0 Å². The number of aromatic nitrogens is 2. The fraction of sp³-hybridized carbons (Fsp3) is 0.304. The molecule has 1 N–H and O–H groups in total. The maximum atomic E-state index is 13.3. The summed E-state index contributed by atoms with van der Waals surface area (Å²) in [6.07, 6.45) is 1.64. The summed E-state index contributed by atoms with van der Waals surface area (Å²) in [5.74, 6) is -0.267. The maximum Gasteiger partial charge on any atom is 0.263 e. The van der Waals surface area contributed by atoms with Crippen LogP contribution in [0.4, 0.5) is 0 Å². The van der Waals surface area contributed by atoms with Crippen molar-refractivity contribution >= 4 is 39.2 Å². The van der Waals surface area contributed by atoms with Crippen molar-refractivity contribution < 1.29 is 4.79 Å². The van der Waals surface area contributed by atoms with Gasteiger partial charge < -0.3 is 5.32 Å². The van der Waals surface area contributed by atoms with E-state index < -0.39 is 5.54 Å². The first-order chi connectivity index (χ1) is 14.8. The van der Waals surface area contributed by atoms with Crippen LogP contribution >= 0.6 is 23.1 Å². The molecule has 1 atom stereocenters. The average molecular weight is 453 g/mol. The first-order valence-electron chi connectivity index (χ1n) is 9.84. The molecule has 8 heteroatoms. The van der Waals surface area contributed by atoms with Crippen molar-refractivity contribution in [2.75, 3.05) is 5.75 Å². The van der Waals surface area contributed by atoms with Crippen molar-refractivity contribution in [2.45, 2.75) is 38.0 Å². The van der Waals surface area contributed by atoms with Crippen LogP contribution in [-0.4, -0.2) is 26.8 Å². The molecule has 0 bridgehead atoms. The van der Waals surface area contributed by atoms with Crippen LogP contribution in [0.3, 0.4) is 0 Å². The Kier molecular flexibility index (Phi) is 6.98. The third-order valence-corrected chi connectivity index (χ3v) is 7.02. The number of hydrogen-bond acceptors (Lipinski definition) is 6. The van der Waals surface area contributed by atoms with Crippen molar-refractivity contribution in [1.29, 1.82) is 5.26 Å². The van der Waals surface area contributed by atoms with E-state index in [9.17, 15) is 14.9 Å². The third-order valence-electron chi connectivity index (χ3n) is 5.17. The van der Waals surface area contributed by atoms with Crippen molar-refractivity contribution in [3.05, 3.63) is 58.7 Å². The molecule has 1 amide bonds. The Bertz CT molecular complexity index is 1210. The van der Waals surface area contributed by atoms with Crippen molar-refractivity contribution in [3.8, 4) is 17.2 Å². The van der Waals surface area contributed by atoms with Gasteiger partial charge in [0.2, 0.25) is 5.91 Å². The van der Waals surface area contributed by atoms with Gasteiger partial charge in [0, 0.05) is 17.5 Å². The van der Waals surface area contributed by atoms with E-state index in [1.54, 1.807) is 17.6 Å². The van der Waals surface area contributed by atoms with E-state index in [-0.39, 0.29) is 29.7 Å². The quantitative estimate of drug-likeness (QED) is 0.310. The Balaban J connectivity index is 1.94. The minimum Gasteiger partial charge on any atom is -0.337 e. The first kappa shape index (κ1) is 22.8. The van der Waals surface area contributed by atoms with Crippen LogP contribution in [0.2, 0.25) is 0 Å².